The Morgan fingerprint density at radius 3 is 2.15 bits per heavy atom. The molecule has 0 aromatic heterocycles. The standard InChI is InChI=1S/C31H25BrN2O5/c1-30(2,3)29(37)26-25(17-8-12-20(13-9-17)34(38)39)31(27(35)21-6-4-5-7-22(21)28(31)36)24-15-10-18-16-19(32)11-14-23(18)33(24)26/h4-16,24-26H,1-3H3/t24-,25+,26+/m1/s1. The summed E-state index contributed by atoms with van der Waals surface area (Å²) in [5.41, 5.74) is 0.321. The quantitative estimate of drug-likeness (QED) is 0.200. The fourth-order valence-corrected chi connectivity index (χ4v) is 6.95. The molecule has 3 atom stereocenters. The summed E-state index contributed by atoms with van der Waals surface area (Å²) in [6.45, 7) is 5.49. The van der Waals surface area contributed by atoms with Crippen LogP contribution in [0.4, 0.5) is 11.4 Å². The number of benzene rings is 3. The second-order valence-corrected chi connectivity index (χ2v) is 12.3. The molecule has 2 aliphatic heterocycles. The molecule has 3 aromatic rings. The Kier molecular flexibility index (Phi) is 5.56. The van der Waals surface area contributed by atoms with E-state index in [1.807, 2.05) is 56.0 Å². The lowest BCUT2D eigenvalue weighted by Crippen LogP contribution is -2.49. The normalized spacial score (nSPS) is 22.6. The summed E-state index contributed by atoms with van der Waals surface area (Å²) in [7, 11) is 0. The maximum absolute atomic E-state index is 14.5. The lowest BCUT2D eigenvalue weighted by molar-refractivity contribution is -0.384. The van der Waals surface area contributed by atoms with Crippen LogP contribution in [0.3, 0.4) is 0 Å². The summed E-state index contributed by atoms with van der Waals surface area (Å²) in [5.74, 6) is -1.64. The molecular formula is C31H25BrN2O5. The number of nitrogens with zero attached hydrogens (tertiary/aromatic N) is 2. The van der Waals surface area contributed by atoms with E-state index >= 15 is 0 Å². The van der Waals surface area contributed by atoms with Gasteiger partial charge < -0.3 is 4.90 Å². The summed E-state index contributed by atoms with van der Waals surface area (Å²) >= 11 is 3.52. The van der Waals surface area contributed by atoms with E-state index < -0.39 is 33.8 Å². The van der Waals surface area contributed by atoms with Crippen LogP contribution >= 0.6 is 15.9 Å². The first-order valence-corrected chi connectivity index (χ1v) is 13.5. The highest BCUT2D eigenvalue weighted by molar-refractivity contribution is 9.10. The Bertz CT molecular complexity index is 1580. The van der Waals surface area contributed by atoms with Gasteiger partial charge in [0.15, 0.2) is 17.3 Å². The SMILES string of the molecule is CC(C)(C)C(=O)[C@@H]1[C@H](c2ccc([N+](=O)[O-])cc2)C2(C(=O)c3ccccc3C2=O)[C@H]2C=Cc3cc(Br)ccc3N12. The van der Waals surface area contributed by atoms with Gasteiger partial charge in [-0.05, 0) is 29.3 Å². The third-order valence-electron chi connectivity index (χ3n) is 8.24. The number of Topliss-reactive ketones (excluding diaryl/α,β-unsaturated/α-hetero) is 3. The molecule has 1 aliphatic carbocycles. The van der Waals surface area contributed by atoms with Gasteiger partial charge in [0.1, 0.15) is 5.41 Å². The number of ketones is 3. The monoisotopic (exact) mass is 584 g/mol. The van der Waals surface area contributed by atoms with Crippen molar-refractivity contribution in [1.82, 2.24) is 0 Å². The molecule has 196 valence electrons. The van der Waals surface area contributed by atoms with Crippen LogP contribution in [0.5, 0.6) is 0 Å². The van der Waals surface area contributed by atoms with Crippen LogP contribution in [0.25, 0.3) is 6.08 Å². The van der Waals surface area contributed by atoms with Gasteiger partial charge in [0.2, 0.25) is 0 Å². The average Bonchev–Trinajstić information content (AvgIpc) is 3.33. The maximum atomic E-state index is 14.5. The molecule has 2 heterocycles. The van der Waals surface area contributed by atoms with E-state index in [4.69, 9.17) is 0 Å². The number of rotatable bonds is 3. The first-order chi connectivity index (χ1) is 18.5. The van der Waals surface area contributed by atoms with Crippen molar-refractivity contribution in [2.75, 3.05) is 4.90 Å². The Labute approximate surface area is 233 Å². The Hall–Kier alpha value is -3.91. The van der Waals surface area contributed by atoms with Crippen LogP contribution in [0, 0.1) is 20.9 Å². The van der Waals surface area contributed by atoms with Crippen molar-refractivity contribution in [3.8, 4) is 0 Å². The Morgan fingerprint density at radius 2 is 1.59 bits per heavy atom. The van der Waals surface area contributed by atoms with Crippen molar-refractivity contribution < 1.29 is 19.3 Å². The zero-order chi connectivity index (χ0) is 27.9. The first kappa shape index (κ1) is 25.4. The number of anilines is 1. The maximum Gasteiger partial charge on any atom is 0.269 e. The highest BCUT2D eigenvalue weighted by atomic mass is 79.9. The highest BCUT2D eigenvalue weighted by Crippen LogP contribution is 2.61. The molecule has 39 heavy (non-hydrogen) atoms. The molecule has 3 aliphatic rings. The molecule has 0 unspecified atom stereocenters. The first-order valence-electron chi connectivity index (χ1n) is 12.7. The van der Waals surface area contributed by atoms with Gasteiger partial charge in [-0.15, -0.1) is 0 Å². The summed E-state index contributed by atoms with van der Waals surface area (Å²) in [6, 6.07) is 16.8. The van der Waals surface area contributed by atoms with E-state index in [1.54, 1.807) is 36.4 Å². The number of fused-ring (bicyclic) bond motifs is 5. The lowest BCUT2D eigenvalue weighted by atomic mass is 9.63. The van der Waals surface area contributed by atoms with Crippen LogP contribution in [0.2, 0.25) is 0 Å². The molecule has 0 amide bonds. The van der Waals surface area contributed by atoms with Gasteiger partial charge in [0.05, 0.1) is 17.0 Å². The largest absolute Gasteiger partial charge is 0.352 e. The average molecular weight is 585 g/mol. The van der Waals surface area contributed by atoms with Crippen molar-refractivity contribution in [1.29, 1.82) is 0 Å². The highest BCUT2D eigenvalue weighted by Gasteiger charge is 2.71. The van der Waals surface area contributed by atoms with Gasteiger partial charge in [-0.2, -0.15) is 0 Å². The zero-order valence-electron chi connectivity index (χ0n) is 21.6. The number of nitro benzene ring substituents is 1. The Morgan fingerprint density at radius 1 is 0.974 bits per heavy atom. The van der Waals surface area contributed by atoms with Crippen molar-refractivity contribution in [2.45, 2.75) is 38.8 Å². The molecule has 8 heteroatoms. The van der Waals surface area contributed by atoms with E-state index in [0.717, 1.165) is 15.7 Å². The summed E-state index contributed by atoms with van der Waals surface area (Å²) in [6.07, 6.45) is 3.77. The second kappa shape index (κ2) is 8.55. The third kappa shape index (κ3) is 3.44. The number of hydrogen-bond donors (Lipinski definition) is 0. The molecular weight excluding hydrogens is 560 g/mol. The predicted octanol–water partition coefficient (Wildman–Crippen LogP) is 6.41. The van der Waals surface area contributed by atoms with Gasteiger partial charge >= 0.3 is 0 Å². The van der Waals surface area contributed by atoms with Gasteiger partial charge in [-0.1, -0.05) is 85.3 Å². The molecule has 0 bridgehead atoms. The minimum absolute atomic E-state index is 0.107. The minimum atomic E-state index is -1.62. The molecule has 0 saturated carbocycles. The van der Waals surface area contributed by atoms with Crippen LogP contribution < -0.4 is 4.90 Å². The van der Waals surface area contributed by atoms with E-state index in [0.29, 0.717) is 16.7 Å². The van der Waals surface area contributed by atoms with Crippen molar-refractivity contribution in [3.63, 3.8) is 0 Å². The van der Waals surface area contributed by atoms with Gasteiger partial charge in [-0.3, -0.25) is 24.5 Å². The molecule has 1 saturated heterocycles. The van der Waals surface area contributed by atoms with Gasteiger partial charge in [0, 0.05) is 44.8 Å². The van der Waals surface area contributed by atoms with E-state index in [-0.39, 0.29) is 23.0 Å². The van der Waals surface area contributed by atoms with Crippen LogP contribution in [0.1, 0.15) is 58.5 Å². The number of hydrogen-bond acceptors (Lipinski definition) is 6. The number of non-ortho nitro benzene ring substituents is 1. The number of halogens is 1. The molecule has 6 rings (SSSR count). The third-order valence-corrected chi connectivity index (χ3v) is 8.73. The molecule has 0 radical (unpaired) electrons. The zero-order valence-corrected chi connectivity index (χ0v) is 23.1. The lowest BCUT2D eigenvalue weighted by Gasteiger charge is -2.38. The van der Waals surface area contributed by atoms with E-state index in [9.17, 15) is 24.5 Å². The smallest absolute Gasteiger partial charge is 0.269 e. The molecule has 1 spiro atoms. The van der Waals surface area contributed by atoms with Crippen molar-refractivity contribution in [3.05, 3.63) is 110 Å². The predicted molar refractivity (Wildman–Crippen MR) is 151 cm³/mol. The number of carbonyl (C=O) groups is 3. The molecule has 7 nitrogen and oxygen atoms in total. The Balaban J connectivity index is 1.68. The van der Waals surface area contributed by atoms with Crippen molar-refractivity contribution >= 4 is 50.7 Å². The summed E-state index contributed by atoms with van der Waals surface area (Å²) < 4.78 is 0.865. The summed E-state index contributed by atoms with van der Waals surface area (Å²) in [4.78, 5) is 56.3. The van der Waals surface area contributed by atoms with Crippen LogP contribution in [-0.4, -0.2) is 34.4 Å². The number of nitro groups is 1. The van der Waals surface area contributed by atoms with E-state index in [2.05, 4.69) is 15.9 Å². The fourth-order valence-electron chi connectivity index (χ4n) is 6.57. The van der Waals surface area contributed by atoms with Crippen LogP contribution in [0.15, 0.2) is 77.3 Å². The number of carbonyl (C=O) groups excluding carboxylic acids is 3. The molecule has 0 N–H and O–H groups in total. The van der Waals surface area contributed by atoms with E-state index in [1.165, 1.54) is 12.1 Å². The second-order valence-electron chi connectivity index (χ2n) is 11.4. The topological polar surface area (TPSA) is 97.6 Å². The molecule has 1 fully saturated rings. The van der Waals surface area contributed by atoms with Crippen LogP contribution in [-0.2, 0) is 4.79 Å². The molecule has 3 aromatic carbocycles. The van der Waals surface area contributed by atoms with Gasteiger partial charge in [0.25, 0.3) is 5.69 Å². The minimum Gasteiger partial charge on any atom is -0.352 e. The fraction of sp³-hybridized carbons (Fsp3) is 0.258. The summed E-state index contributed by atoms with van der Waals surface area (Å²) in [5, 5.41) is 11.4. The van der Waals surface area contributed by atoms with Crippen molar-refractivity contribution in [2.24, 2.45) is 10.8 Å². The van der Waals surface area contributed by atoms with Gasteiger partial charge in [-0.25, -0.2) is 0 Å².